The van der Waals surface area contributed by atoms with Crippen molar-refractivity contribution in [1.82, 2.24) is 9.97 Å². The number of hydrogen-bond donors (Lipinski definition) is 2. The van der Waals surface area contributed by atoms with Crippen LogP contribution in [0.25, 0.3) is 11.4 Å². The minimum Gasteiger partial charge on any atom is -0.334 e. The summed E-state index contributed by atoms with van der Waals surface area (Å²) in [5.41, 5.74) is 1.92. The van der Waals surface area contributed by atoms with E-state index in [1.54, 1.807) is 0 Å². The van der Waals surface area contributed by atoms with E-state index in [9.17, 15) is 10.1 Å². The van der Waals surface area contributed by atoms with Crippen LogP contribution in [0, 0.1) is 10.1 Å². The van der Waals surface area contributed by atoms with Crippen molar-refractivity contribution in [1.29, 1.82) is 0 Å². The Bertz CT molecular complexity index is 1060. The van der Waals surface area contributed by atoms with Gasteiger partial charge in [-0.15, -0.1) is 0 Å². The zero-order chi connectivity index (χ0) is 20.1. The zero-order valence-electron chi connectivity index (χ0n) is 15.3. The van der Waals surface area contributed by atoms with Crippen molar-refractivity contribution in [3.63, 3.8) is 0 Å². The zero-order valence-corrected chi connectivity index (χ0v) is 15.3. The van der Waals surface area contributed by atoms with E-state index in [1.165, 1.54) is 0 Å². The Balaban J connectivity index is 1.87. The summed E-state index contributed by atoms with van der Waals surface area (Å²) in [6, 6.07) is 27.7. The summed E-state index contributed by atoms with van der Waals surface area (Å²) in [6.45, 7) is 0. The van der Waals surface area contributed by atoms with Crippen molar-refractivity contribution in [2.75, 3.05) is 10.6 Å². The van der Waals surface area contributed by atoms with Crippen LogP contribution >= 0.6 is 0 Å². The number of nitrogens with one attached hydrogen (secondary N) is 2. The average Bonchev–Trinajstić information content (AvgIpc) is 2.75. The summed E-state index contributed by atoms with van der Waals surface area (Å²) >= 11 is 0. The summed E-state index contributed by atoms with van der Waals surface area (Å²) in [4.78, 5) is 20.4. The van der Waals surface area contributed by atoms with Gasteiger partial charge in [0.05, 0.1) is 4.92 Å². The first-order valence-electron chi connectivity index (χ1n) is 8.97. The van der Waals surface area contributed by atoms with Crippen LogP contribution in [0.15, 0.2) is 91.0 Å². The maximum absolute atomic E-state index is 11.9. The Hall–Kier alpha value is -4.26. The predicted octanol–water partition coefficient (Wildman–Crippen LogP) is 5.54. The van der Waals surface area contributed by atoms with E-state index in [4.69, 9.17) is 0 Å². The highest BCUT2D eigenvalue weighted by Crippen LogP contribution is 2.35. The van der Waals surface area contributed by atoms with Gasteiger partial charge in [-0.05, 0) is 24.3 Å². The van der Waals surface area contributed by atoms with Gasteiger partial charge in [-0.25, -0.2) is 9.97 Å². The Kier molecular flexibility index (Phi) is 5.11. The molecule has 4 aromatic rings. The second-order valence-corrected chi connectivity index (χ2v) is 6.20. The lowest BCUT2D eigenvalue weighted by Gasteiger charge is -2.13. The van der Waals surface area contributed by atoms with Gasteiger partial charge in [-0.2, -0.15) is 0 Å². The minimum atomic E-state index is -0.481. The number of nitro groups is 1. The quantitative estimate of drug-likeness (QED) is 0.335. The molecule has 0 radical (unpaired) electrons. The van der Waals surface area contributed by atoms with Crippen LogP contribution in [0.2, 0.25) is 0 Å². The van der Waals surface area contributed by atoms with Crippen molar-refractivity contribution in [2.24, 2.45) is 0 Å². The largest absolute Gasteiger partial charge is 0.353 e. The van der Waals surface area contributed by atoms with Crippen LogP contribution in [0.4, 0.5) is 28.7 Å². The van der Waals surface area contributed by atoms with Crippen molar-refractivity contribution >= 4 is 28.7 Å². The van der Waals surface area contributed by atoms with Gasteiger partial charge in [0, 0.05) is 16.9 Å². The number of aromatic nitrogens is 2. The first-order chi connectivity index (χ1) is 14.2. The first kappa shape index (κ1) is 18.1. The van der Waals surface area contributed by atoms with Crippen LogP contribution in [0.3, 0.4) is 0 Å². The monoisotopic (exact) mass is 383 g/mol. The summed E-state index contributed by atoms with van der Waals surface area (Å²) in [5.74, 6) is 0.620. The van der Waals surface area contributed by atoms with Crippen molar-refractivity contribution in [3.05, 3.63) is 101 Å². The van der Waals surface area contributed by atoms with Gasteiger partial charge < -0.3 is 10.6 Å². The van der Waals surface area contributed by atoms with Crippen molar-refractivity contribution in [3.8, 4) is 11.4 Å². The van der Waals surface area contributed by atoms with Gasteiger partial charge in [-0.3, -0.25) is 10.1 Å². The molecule has 1 heterocycles. The number of anilines is 4. The maximum Gasteiger partial charge on any atom is 0.353 e. The van der Waals surface area contributed by atoms with E-state index in [1.807, 2.05) is 91.0 Å². The van der Waals surface area contributed by atoms with E-state index in [0.717, 1.165) is 5.56 Å². The lowest BCUT2D eigenvalue weighted by molar-refractivity contribution is -0.383. The van der Waals surface area contributed by atoms with E-state index in [2.05, 4.69) is 20.6 Å². The molecule has 0 aliphatic rings. The second kappa shape index (κ2) is 8.18. The Labute approximate surface area is 167 Å². The Morgan fingerprint density at radius 3 is 1.48 bits per heavy atom. The highest BCUT2D eigenvalue weighted by molar-refractivity contribution is 5.79. The van der Waals surface area contributed by atoms with Crippen molar-refractivity contribution in [2.45, 2.75) is 0 Å². The molecule has 0 aliphatic heterocycles. The minimum absolute atomic E-state index is 0.119. The Morgan fingerprint density at radius 1 is 0.655 bits per heavy atom. The fourth-order valence-corrected chi connectivity index (χ4v) is 2.83. The number of nitrogens with zero attached hydrogens (tertiary/aromatic N) is 3. The molecule has 0 atom stereocenters. The topological polar surface area (TPSA) is 93.0 Å². The SMILES string of the molecule is O=[N+]([O-])c1c(Nc2ccccc2)nc(-c2ccccc2)nc1Nc1ccccc1. The summed E-state index contributed by atoms with van der Waals surface area (Å²) in [5, 5.41) is 18.0. The third-order valence-corrected chi connectivity index (χ3v) is 4.17. The van der Waals surface area contributed by atoms with Crippen LogP contribution in [0.1, 0.15) is 0 Å². The maximum atomic E-state index is 11.9. The highest BCUT2D eigenvalue weighted by atomic mass is 16.6. The highest BCUT2D eigenvalue weighted by Gasteiger charge is 2.26. The molecule has 7 heteroatoms. The number of rotatable bonds is 6. The van der Waals surface area contributed by atoms with Crippen molar-refractivity contribution < 1.29 is 4.92 Å². The van der Waals surface area contributed by atoms with Gasteiger partial charge in [0.1, 0.15) is 0 Å². The number of hydrogen-bond acceptors (Lipinski definition) is 6. The molecule has 142 valence electrons. The van der Waals surface area contributed by atoms with Crippen LogP contribution in [-0.4, -0.2) is 14.9 Å². The molecule has 2 N–H and O–H groups in total. The third-order valence-electron chi connectivity index (χ3n) is 4.17. The smallest absolute Gasteiger partial charge is 0.334 e. The molecule has 4 rings (SSSR count). The molecule has 7 nitrogen and oxygen atoms in total. The fraction of sp³-hybridized carbons (Fsp3) is 0. The molecule has 0 amide bonds. The fourth-order valence-electron chi connectivity index (χ4n) is 2.83. The molecule has 0 aliphatic carbocycles. The molecule has 0 saturated carbocycles. The molecular weight excluding hydrogens is 366 g/mol. The van der Waals surface area contributed by atoms with E-state index < -0.39 is 4.92 Å². The van der Waals surface area contributed by atoms with Crippen LogP contribution < -0.4 is 10.6 Å². The molecule has 1 aromatic heterocycles. The van der Waals surface area contributed by atoms with Gasteiger partial charge in [0.2, 0.25) is 11.6 Å². The van der Waals surface area contributed by atoms with E-state index in [-0.39, 0.29) is 17.3 Å². The molecule has 0 saturated heterocycles. The normalized spacial score (nSPS) is 10.3. The summed E-state index contributed by atoms with van der Waals surface area (Å²) < 4.78 is 0. The number of para-hydroxylation sites is 2. The van der Waals surface area contributed by atoms with Crippen LogP contribution in [0.5, 0.6) is 0 Å². The predicted molar refractivity (Wildman–Crippen MR) is 114 cm³/mol. The van der Waals surface area contributed by atoms with E-state index in [0.29, 0.717) is 17.2 Å². The lowest BCUT2D eigenvalue weighted by Crippen LogP contribution is -2.07. The molecule has 0 fully saturated rings. The van der Waals surface area contributed by atoms with E-state index >= 15 is 0 Å². The standard InChI is InChI=1S/C22H17N5O2/c28-27(29)19-21(23-17-12-6-2-7-13-17)25-20(16-10-4-1-5-11-16)26-22(19)24-18-14-8-3-9-15-18/h1-15H,(H2,23,24,25,26). The molecule has 29 heavy (non-hydrogen) atoms. The van der Waals surface area contributed by atoms with Gasteiger partial charge in [0.25, 0.3) is 0 Å². The lowest BCUT2D eigenvalue weighted by atomic mass is 10.2. The Morgan fingerprint density at radius 2 is 1.07 bits per heavy atom. The molecule has 0 spiro atoms. The summed E-state index contributed by atoms with van der Waals surface area (Å²) in [7, 11) is 0. The second-order valence-electron chi connectivity index (χ2n) is 6.20. The molecule has 3 aromatic carbocycles. The van der Waals surface area contributed by atoms with Gasteiger partial charge >= 0.3 is 5.69 Å². The van der Waals surface area contributed by atoms with Crippen LogP contribution in [-0.2, 0) is 0 Å². The first-order valence-corrected chi connectivity index (χ1v) is 8.97. The number of benzene rings is 3. The average molecular weight is 383 g/mol. The molecular formula is C22H17N5O2. The molecule has 0 unspecified atom stereocenters. The third kappa shape index (κ3) is 4.19. The summed E-state index contributed by atoms with van der Waals surface area (Å²) in [6.07, 6.45) is 0. The molecule has 0 bridgehead atoms. The van der Waals surface area contributed by atoms with Gasteiger partial charge in [0.15, 0.2) is 5.82 Å². The van der Waals surface area contributed by atoms with Gasteiger partial charge in [-0.1, -0.05) is 66.7 Å².